The van der Waals surface area contributed by atoms with Crippen molar-refractivity contribution in [1.29, 1.82) is 0 Å². The molecule has 94 valence electrons. The van der Waals surface area contributed by atoms with Gasteiger partial charge in [-0.15, -0.1) is 0 Å². The topological polar surface area (TPSA) is 40.7 Å². The number of nitrogens with zero attached hydrogens (tertiary/aromatic N) is 1. The molecule has 2 atom stereocenters. The first-order valence-electron chi connectivity index (χ1n) is 7.06. The summed E-state index contributed by atoms with van der Waals surface area (Å²) < 4.78 is 0. The Labute approximate surface area is 107 Å². The third-order valence-corrected chi connectivity index (χ3v) is 4.54. The second-order valence-corrected chi connectivity index (χ2v) is 5.90. The van der Waals surface area contributed by atoms with Gasteiger partial charge in [0.05, 0.1) is 0 Å². The molecule has 0 spiro atoms. The summed E-state index contributed by atoms with van der Waals surface area (Å²) in [5, 5.41) is 4.92. The van der Waals surface area contributed by atoms with Gasteiger partial charge in [0, 0.05) is 29.4 Å². The van der Waals surface area contributed by atoms with Crippen LogP contribution in [0.5, 0.6) is 0 Å². The minimum Gasteiger partial charge on any atom is -0.346 e. The molecule has 2 unspecified atom stereocenters. The zero-order valence-electron chi connectivity index (χ0n) is 10.5. The Kier molecular flexibility index (Phi) is 2.40. The smallest absolute Gasteiger partial charge is 0.137 e. The van der Waals surface area contributed by atoms with Crippen LogP contribution < -0.4 is 5.32 Å². The number of fused-ring (bicyclic) bond motifs is 3. The van der Waals surface area contributed by atoms with Gasteiger partial charge in [0.25, 0.3) is 0 Å². The summed E-state index contributed by atoms with van der Waals surface area (Å²) in [6, 6.07) is 8.02. The molecule has 0 aliphatic carbocycles. The Morgan fingerprint density at radius 1 is 1.11 bits per heavy atom. The summed E-state index contributed by atoms with van der Waals surface area (Å²) in [6.07, 6.45) is 8.53. The number of pyridine rings is 1. The van der Waals surface area contributed by atoms with Crippen molar-refractivity contribution in [3.8, 4) is 0 Å². The van der Waals surface area contributed by atoms with Crippen molar-refractivity contribution in [3.63, 3.8) is 0 Å². The zero-order chi connectivity index (χ0) is 11.9. The van der Waals surface area contributed by atoms with E-state index in [4.69, 9.17) is 4.98 Å². The van der Waals surface area contributed by atoms with Crippen LogP contribution in [0, 0.1) is 5.92 Å². The van der Waals surface area contributed by atoms with Crippen LogP contribution in [0.2, 0.25) is 0 Å². The Morgan fingerprint density at radius 2 is 1.94 bits per heavy atom. The highest BCUT2D eigenvalue weighted by Crippen LogP contribution is 2.32. The summed E-state index contributed by atoms with van der Waals surface area (Å²) in [6.45, 7) is 0. The predicted octanol–water partition coefficient (Wildman–Crippen LogP) is 2.64. The van der Waals surface area contributed by atoms with Gasteiger partial charge in [0.1, 0.15) is 5.65 Å². The van der Waals surface area contributed by atoms with Gasteiger partial charge < -0.3 is 10.3 Å². The Morgan fingerprint density at radius 3 is 2.78 bits per heavy atom. The first-order chi connectivity index (χ1) is 8.87. The van der Waals surface area contributed by atoms with Crippen molar-refractivity contribution >= 4 is 11.0 Å². The Hall–Kier alpha value is -1.35. The molecule has 2 aromatic rings. The van der Waals surface area contributed by atoms with Crippen LogP contribution in [-0.4, -0.2) is 22.1 Å². The highest BCUT2D eigenvalue weighted by molar-refractivity contribution is 5.75. The predicted molar refractivity (Wildman–Crippen MR) is 72.5 cm³/mol. The molecule has 2 bridgehead atoms. The van der Waals surface area contributed by atoms with E-state index in [1.165, 1.54) is 36.8 Å². The van der Waals surface area contributed by atoms with E-state index >= 15 is 0 Å². The number of rotatable bonds is 2. The van der Waals surface area contributed by atoms with Crippen LogP contribution in [0.15, 0.2) is 24.4 Å². The molecule has 4 rings (SSSR count). The van der Waals surface area contributed by atoms with Crippen molar-refractivity contribution in [2.45, 2.75) is 44.2 Å². The fraction of sp³-hybridized carbons (Fsp3) is 0.533. The summed E-state index contributed by atoms with van der Waals surface area (Å²) in [5.41, 5.74) is 2.28. The molecule has 2 saturated heterocycles. The number of piperidine rings is 1. The lowest BCUT2D eigenvalue weighted by atomic mass is 9.88. The molecule has 3 nitrogen and oxygen atoms in total. The van der Waals surface area contributed by atoms with Crippen LogP contribution in [0.25, 0.3) is 11.0 Å². The van der Waals surface area contributed by atoms with E-state index in [1.807, 2.05) is 6.20 Å². The van der Waals surface area contributed by atoms with Crippen LogP contribution in [0.4, 0.5) is 0 Å². The second kappa shape index (κ2) is 4.09. The van der Waals surface area contributed by atoms with E-state index in [0.717, 1.165) is 30.1 Å². The normalized spacial score (nSPS) is 31.0. The van der Waals surface area contributed by atoms with Gasteiger partial charge in [0.15, 0.2) is 0 Å². The summed E-state index contributed by atoms with van der Waals surface area (Å²) >= 11 is 0. The summed E-state index contributed by atoms with van der Waals surface area (Å²) in [5.74, 6) is 0.823. The number of H-pyrrole nitrogens is 1. The van der Waals surface area contributed by atoms with E-state index in [9.17, 15) is 0 Å². The Bertz CT molecular complexity index is 548. The molecule has 0 saturated carbocycles. The molecule has 2 aromatic heterocycles. The minimum absolute atomic E-state index is 0.781. The first kappa shape index (κ1) is 10.6. The number of aromatic amines is 1. The van der Waals surface area contributed by atoms with Crippen molar-refractivity contribution in [1.82, 2.24) is 15.3 Å². The maximum absolute atomic E-state index is 4.72. The lowest BCUT2D eigenvalue weighted by Gasteiger charge is -2.28. The molecule has 2 aliphatic heterocycles. The van der Waals surface area contributed by atoms with E-state index in [2.05, 4.69) is 28.5 Å². The fourth-order valence-corrected chi connectivity index (χ4v) is 3.72. The van der Waals surface area contributed by atoms with Crippen molar-refractivity contribution in [2.24, 2.45) is 5.92 Å². The van der Waals surface area contributed by atoms with Gasteiger partial charge in [-0.2, -0.15) is 0 Å². The highest BCUT2D eigenvalue weighted by atomic mass is 15.0. The SMILES string of the molecule is c1cc2ccc(CC3CC4CCC(C3)N4)nc2[nH]1. The van der Waals surface area contributed by atoms with Crippen LogP contribution in [0.3, 0.4) is 0 Å². The quantitative estimate of drug-likeness (QED) is 0.848. The average Bonchev–Trinajstić information content (AvgIpc) is 2.95. The summed E-state index contributed by atoms with van der Waals surface area (Å²) in [7, 11) is 0. The molecule has 4 heterocycles. The van der Waals surface area contributed by atoms with Crippen LogP contribution in [-0.2, 0) is 6.42 Å². The maximum Gasteiger partial charge on any atom is 0.137 e. The summed E-state index contributed by atoms with van der Waals surface area (Å²) in [4.78, 5) is 7.93. The van der Waals surface area contributed by atoms with E-state index in [-0.39, 0.29) is 0 Å². The lowest BCUT2D eigenvalue weighted by Crippen LogP contribution is -2.38. The number of aromatic nitrogens is 2. The molecule has 2 aliphatic rings. The number of nitrogens with one attached hydrogen (secondary N) is 2. The second-order valence-electron chi connectivity index (χ2n) is 5.90. The Balaban J connectivity index is 1.53. The molecule has 3 heteroatoms. The molecule has 0 amide bonds. The van der Waals surface area contributed by atoms with Crippen LogP contribution in [0.1, 0.15) is 31.4 Å². The van der Waals surface area contributed by atoms with E-state index in [1.54, 1.807) is 0 Å². The lowest BCUT2D eigenvalue weighted by molar-refractivity contribution is 0.297. The van der Waals surface area contributed by atoms with E-state index < -0.39 is 0 Å². The molecular weight excluding hydrogens is 222 g/mol. The molecule has 2 N–H and O–H groups in total. The maximum atomic E-state index is 4.72. The van der Waals surface area contributed by atoms with Gasteiger partial charge in [0.2, 0.25) is 0 Å². The molecule has 0 aromatic carbocycles. The molecule has 0 radical (unpaired) electrons. The monoisotopic (exact) mass is 241 g/mol. The first-order valence-corrected chi connectivity index (χ1v) is 7.06. The van der Waals surface area contributed by atoms with Gasteiger partial charge in [-0.25, -0.2) is 4.98 Å². The van der Waals surface area contributed by atoms with Gasteiger partial charge in [-0.3, -0.25) is 0 Å². The average molecular weight is 241 g/mol. The minimum atomic E-state index is 0.781. The van der Waals surface area contributed by atoms with Crippen LogP contribution >= 0.6 is 0 Å². The van der Waals surface area contributed by atoms with Crippen molar-refractivity contribution < 1.29 is 0 Å². The standard InChI is InChI=1S/C15H19N3/c1-2-14(18-15-11(1)5-6-16-15)9-10-7-12-3-4-13(8-10)17-12/h1-2,5-6,10,12-13,17H,3-4,7-9H2,(H,16,18). The van der Waals surface area contributed by atoms with Gasteiger partial charge in [-0.1, -0.05) is 0 Å². The van der Waals surface area contributed by atoms with E-state index in [0.29, 0.717) is 0 Å². The third-order valence-electron chi connectivity index (χ3n) is 4.54. The number of hydrogen-bond donors (Lipinski definition) is 2. The van der Waals surface area contributed by atoms with Crippen molar-refractivity contribution in [2.75, 3.05) is 0 Å². The molecule has 2 fully saturated rings. The van der Waals surface area contributed by atoms with Crippen molar-refractivity contribution in [3.05, 3.63) is 30.1 Å². The number of hydrogen-bond acceptors (Lipinski definition) is 2. The van der Waals surface area contributed by atoms with Gasteiger partial charge >= 0.3 is 0 Å². The molecule has 18 heavy (non-hydrogen) atoms. The molecular formula is C15H19N3. The third kappa shape index (κ3) is 1.83. The fourth-order valence-electron chi connectivity index (χ4n) is 3.72. The largest absolute Gasteiger partial charge is 0.346 e. The zero-order valence-corrected chi connectivity index (χ0v) is 10.5. The van der Waals surface area contributed by atoms with Gasteiger partial charge in [-0.05, 0) is 56.2 Å². The highest BCUT2D eigenvalue weighted by Gasteiger charge is 2.33.